The molecule has 0 atom stereocenters. The van der Waals surface area contributed by atoms with Crippen molar-refractivity contribution in [1.82, 2.24) is 9.88 Å². The number of aliphatic hydroxyl groups is 1. The van der Waals surface area contributed by atoms with Gasteiger partial charge in [0, 0.05) is 19.3 Å². The summed E-state index contributed by atoms with van der Waals surface area (Å²) in [5.41, 5.74) is 0.893. The second kappa shape index (κ2) is 7.30. The average molecular weight is 226 g/mol. The first-order chi connectivity index (χ1) is 7.72. The van der Waals surface area contributed by atoms with Gasteiger partial charge in [-0.05, 0) is 44.5 Å². The van der Waals surface area contributed by atoms with Crippen LogP contribution in [0.15, 0.2) is 18.5 Å². The summed E-state index contributed by atoms with van der Waals surface area (Å²) in [6.45, 7) is 1.93. The fraction of sp³-hybridized carbons (Fsp3) is 0.583. The van der Waals surface area contributed by atoms with Crippen LogP contribution in [0.2, 0.25) is 0 Å². The first-order valence-corrected chi connectivity index (χ1v) is 5.61. The van der Waals surface area contributed by atoms with E-state index in [1.165, 1.54) is 12.3 Å². The standard InChI is InChI=1S/C12H19FN2O/c1-15(5-3-2-4-6-16)10-11-7-12(13)9-14-8-11/h7-9,16H,2-6,10H2,1H3. The molecule has 4 heteroatoms. The molecule has 0 aliphatic heterocycles. The number of hydrogen-bond donors (Lipinski definition) is 1. The Morgan fingerprint density at radius 2 is 2.12 bits per heavy atom. The summed E-state index contributed by atoms with van der Waals surface area (Å²) in [5.74, 6) is -0.286. The smallest absolute Gasteiger partial charge is 0.141 e. The first kappa shape index (κ1) is 13.1. The highest BCUT2D eigenvalue weighted by Crippen LogP contribution is 2.05. The van der Waals surface area contributed by atoms with E-state index in [2.05, 4.69) is 9.88 Å². The Morgan fingerprint density at radius 3 is 2.81 bits per heavy atom. The van der Waals surface area contributed by atoms with Gasteiger partial charge in [0.1, 0.15) is 5.82 Å². The van der Waals surface area contributed by atoms with Crippen molar-refractivity contribution in [2.24, 2.45) is 0 Å². The highest BCUT2D eigenvalue weighted by molar-refractivity contribution is 5.09. The first-order valence-electron chi connectivity index (χ1n) is 5.61. The number of aromatic nitrogens is 1. The molecule has 1 aromatic heterocycles. The van der Waals surface area contributed by atoms with Crippen LogP contribution in [0.1, 0.15) is 24.8 Å². The molecule has 16 heavy (non-hydrogen) atoms. The van der Waals surface area contributed by atoms with Gasteiger partial charge in [-0.15, -0.1) is 0 Å². The SMILES string of the molecule is CN(CCCCCO)Cc1cncc(F)c1. The Hall–Kier alpha value is -1.00. The summed E-state index contributed by atoms with van der Waals surface area (Å²) < 4.78 is 12.9. The molecular formula is C12H19FN2O. The Morgan fingerprint density at radius 1 is 1.31 bits per heavy atom. The van der Waals surface area contributed by atoms with Crippen LogP contribution in [-0.4, -0.2) is 35.2 Å². The average Bonchev–Trinajstić information content (AvgIpc) is 2.24. The Kier molecular flexibility index (Phi) is 5.96. The van der Waals surface area contributed by atoms with Crippen LogP contribution in [0, 0.1) is 5.82 Å². The van der Waals surface area contributed by atoms with Gasteiger partial charge in [-0.2, -0.15) is 0 Å². The van der Waals surface area contributed by atoms with E-state index >= 15 is 0 Å². The molecule has 1 N–H and O–H groups in total. The minimum absolute atomic E-state index is 0.261. The van der Waals surface area contributed by atoms with Crippen molar-refractivity contribution < 1.29 is 9.50 Å². The molecule has 0 aliphatic carbocycles. The molecule has 0 amide bonds. The molecular weight excluding hydrogens is 207 g/mol. The van der Waals surface area contributed by atoms with Crippen molar-refractivity contribution in [3.05, 3.63) is 29.8 Å². The summed E-state index contributed by atoms with van der Waals surface area (Å²) in [7, 11) is 2.00. The molecule has 0 aliphatic rings. The maximum Gasteiger partial charge on any atom is 0.141 e. The van der Waals surface area contributed by atoms with Gasteiger partial charge in [0.15, 0.2) is 0 Å². The lowest BCUT2D eigenvalue weighted by Crippen LogP contribution is -2.19. The van der Waals surface area contributed by atoms with E-state index in [-0.39, 0.29) is 12.4 Å². The van der Waals surface area contributed by atoms with E-state index < -0.39 is 0 Å². The molecule has 0 aromatic carbocycles. The van der Waals surface area contributed by atoms with Crippen LogP contribution >= 0.6 is 0 Å². The zero-order chi connectivity index (χ0) is 11.8. The van der Waals surface area contributed by atoms with E-state index in [0.29, 0.717) is 6.54 Å². The van der Waals surface area contributed by atoms with Gasteiger partial charge in [0.2, 0.25) is 0 Å². The van der Waals surface area contributed by atoms with Crippen molar-refractivity contribution in [2.45, 2.75) is 25.8 Å². The Balaban J connectivity index is 2.25. The molecule has 0 saturated heterocycles. The summed E-state index contributed by atoms with van der Waals surface area (Å²) >= 11 is 0. The maximum atomic E-state index is 12.9. The van der Waals surface area contributed by atoms with E-state index in [0.717, 1.165) is 31.4 Å². The van der Waals surface area contributed by atoms with E-state index in [1.807, 2.05) is 7.05 Å². The molecule has 1 aromatic rings. The fourth-order valence-corrected chi connectivity index (χ4v) is 1.60. The topological polar surface area (TPSA) is 36.4 Å². The molecule has 0 unspecified atom stereocenters. The highest BCUT2D eigenvalue weighted by Gasteiger charge is 2.01. The predicted molar refractivity (Wildman–Crippen MR) is 61.5 cm³/mol. The third-order valence-electron chi connectivity index (χ3n) is 2.41. The van der Waals surface area contributed by atoms with Crippen molar-refractivity contribution in [3.8, 4) is 0 Å². The second-order valence-electron chi connectivity index (χ2n) is 4.03. The molecule has 3 nitrogen and oxygen atoms in total. The van der Waals surface area contributed by atoms with Crippen molar-refractivity contribution in [1.29, 1.82) is 0 Å². The van der Waals surface area contributed by atoms with Crippen molar-refractivity contribution in [3.63, 3.8) is 0 Å². The van der Waals surface area contributed by atoms with Crippen molar-refractivity contribution in [2.75, 3.05) is 20.2 Å². The van der Waals surface area contributed by atoms with Crippen molar-refractivity contribution >= 4 is 0 Å². The zero-order valence-corrected chi connectivity index (χ0v) is 9.69. The number of nitrogens with zero attached hydrogens (tertiary/aromatic N) is 2. The van der Waals surface area contributed by atoms with E-state index in [9.17, 15) is 4.39 Å². The third kappa shape index (κ3) is 5.19. The Bertz CT molecular complexity index is 307. The summed E-state index contributed by atoms with van der Waals surface area (Å²) in [6.07, 6.45) is 5.84. The predicted octanol–water partition coefficient (Wildman–Crippen LogP) is 1.82. The summed E-state index contributed by atoms with van der Waals surface area (Å²) in [4.78, 5) is 5.95. The van der Waals surface area contributed by atoms with Crippen LogP contribution in [0.3, 0.4) is 0 Å². The molecule has 0 fully saturated rings. The molecule has 0 bridgehead atoms. The minimum Gasteiger partial charge on any atom is -0.396 e. The maximum absolute atomic E-state index is 12.9. The van der Waals surface area contributed by atoms with Gasteiger partial charge in [-0.1, -0.05) is 0 Å². The molecule has 1 heterocycles. The lowest BCUT2D eigenvalue weighted by atomic mass is 10.2. The number of aliphatic hydroxyl groups excluding tert-OH is 1. The van der Waals surface area contributed by atoms with Gasteiger partial charge in [0.05, 0.1) is 6.20 Å². The van der Waals surface area contributed by atoms with Crippen LogP contribution in [-0.2, 0) is 6.54 Å². The second-order valence-corrected chi connectivity index (χ2v) is 4.03. The molecule has 90 valence electrons. The van der Waals surface area contributed by atoms with Gasteiger partial charge in [0.25, 0.3) is 0 Å². The third-order valence-corrected chi connectivity index (χ3v) is 2.41. The highest BCUT2D eigenvalue weighted by atomic mass is 19.1. The van der Waals surface area contributed by atoms with Crippen LogP contribution < -0.4 is 0 Å². The summed E-state index contributed by atoms with van der Waals surface area (Å²) in [6, 6.07) is 1.51. The van der Waals surface area contributed by atoms with Crippen LogP contribution in [0.5, 0.6) is 0 Å². The van der Waals surface area contributed by atoms with Crippen LogP contribution in [0.25, 0.3) is 0 Å². The number of unbranched alkanes of at least 4 members (excludes halogenated alkanes) is 2. The lowest BCUT2D eigenvalue weighted by molar-refractivity contribution is 0.271. The van der Waals surface area contributed by atoms with E-state index in [4.69, 9.17) is 5.11 Å². The Labute approximate surface area is 95.9 Å². The quantitative estimate of drug-likeness (QED) is 0.720. The zero-order valence-electron chi connectivity index (χ0n) is 9.69. The summed E-state index contributed by atoms with van der Waals surface area (Å²) in [5, 5.41) is 8.63. The molecule has 0 spiro atoms. The normalized spacial score (nSPS) is 11.0. The van der Waals surface area contributed by atoms with Crippen LogP contribution in [0.4, 0.5) is 4.39 Å². The molecule has 0 saturated carbocycles. The molecule has 0 radical (unpaired) electrons. The van der Waals surface area contributed by atoms with E-state index in [1.54, 1.807) is 6.20 Å². The monoisotopic (exact) mass is 226 g/mol. The lowest BCUT2D eigenvalue weighted by Gasteiger charge is -2.16. The van der Waals surface area contributed by atoms with Gasteiger partial charge < -0.3 is 10.0 Å². The fourth-order valence-electron chi connectivity index (χ4n) is 1.60. The number of pyridine rings is 1. The van der Waals surface area contributed by atoms with Gasteiger partial charge in [-0.25, -0.2) is 4.39 Å². The molecule has 1 rings (SSSR count). The minimum atomic E-state index is -0.286. The number of halogens is 1. The van der Waals surface area contributed by atoms with Gasteiger partial charge >= 0.3 is 0 Å². The number of hydrogen-bond acceptors (Lipinski definition) is 3. The largest absolute Gasteiger partial charge is 0.396 e. The van der Waals surface area contributed by atoms with Gasteiger partial charge in [-0.3, -0.25) is 4.98 Å². The number of rotatable bonds is 7.